The summed E-state index contributed by atoms with van der Waals surface area (Å²) in [5.41, 5.74) is 5.65. The lowest BCUT2D eigenvalue weighted by Crippen LogP contribution is -2.35. The van der Waals surface area contributed by atoms with Crippen LogP contribution in [0.3, 0.4) is 0 Å². The van der Waals surface area contributed by atoms with Crippen LogP contribution in [0.1, 0.15) is 31.4 Å². The number of hydrogen-bond acceptors (Lipinski definition) is 3. The van der Waals surface area contributed by atoms with Crippen LogP contribution in [-0.2, 0) is 11.2 Å². The summed E-state index contributed by atoms with van der Waals surface area (Å²) in [5.74, 6) is 1.92. The van der Waals surface area contributed by atoms with Crippen molar-refractivity contribution in [2.45, 2.75) is 32.1 Å². The van der Waals surface area contributed by atoms with Crippen LogP contribution in [0.15, 0.2) is 22.8 Å². The first-order chi connectivity index (χ1) is 8.79. The minimum absolute atomic E-state index is 0.185. The van der Waals surface area contributed by atoms with Gasteiger partial charge >= 0.3 is 0 Å². The Balaban J connectivity index is 1.66. The summed E-state index contributed by atoms with van der Waals surface area (Å²) in [7, 11) is 0. The minimum atomic E-state index is 0.185. The smallest absolute Gasteiger partial charge is 0.223 e. The molecule has 0 unspecified atom stereocenters. The molecule has 0 atom stereocenters. The van der Waals surface area contributed by atoms with Gasteiger partial charge in [-0.15, -0.1) is 0 Å². The molecule has 4 heteroatoms. The Bertz CT molecular complexity index is 354. The molecule has 1 amide bonds. The Hall–Kier alpha value is -1.29. The van der Waals surface area contributed by atoms with Crippen molar-refractivity contribution in [3.63, 3.8) is 0 Å². The lowest BCUT2D eigenvalue weighted by molar-refractivity contribution is -0.126. The van der Waals surface area contributed by atoms with E-state index in [1.807, 2.05) is 12.1 Å². The molecule has 18 heavy (non-hydrogen) atoms. The first-order valence-electron chi connectivity index (χ1n) is 6.79. The van der Waals surface area contributed by atoms with Gasteiger partial charge in [-0.1, -0.05) is 0 Å². The van der Waals surface area contributed by atoms with Crippen molar-refractivity contribution in [2.75, 3.05) is 13.1 Å². The predicted octanol–water partition coefficient (Wildman–Crippen LogP) is 1.70. The quantitative estimate of drug-likeness (QED) is 0.835. The zero-order valence-electron chi connectivity index (χ0n) is 10.7. The normalized spacial score (nSPS) is 23.8. The van der Waals surface area contributed by atoms with Gasteiger partial charge in [-0.3, -0.25) is 4.79 Å². The lowest BCUT2D eigenvalue weighted by atomic mass is 9.81. The van der Waals surface area contributed by atoms with E-state index in [1.165, 1.54) is 0 Å². The number of rotatable bonds is 5. The number of carbonyl (C=O) groups excluding carboxylic acids is 1. The number of hydrogen-bond donors (Lipinski definition) is 2. The van der Waals surface area contributed by atoms with E-state index < -0.39 is 0 Å². The second-order valence-electron chi connectivity index (χ2n) is 5.07. The number of amides is 1. The molecular formula is C14H22N2O2. The molecule has 1 saturated carbocycles. The maximum atomic E-state index is 11.9. The van der Waals surface area contributed by atoms with Gasteiger partial charge in [0.05, 0.1) is 6.26 Å². The van der Waals surface area contributed by atoms with Crippen molar-refractivity contribution in [1.82, 2.24) is 5.32 Å². The first-order valence-corrected chi connectivity index (χ1v) is 6.79. The first kappa shape index (κ1) is 13.1. The summed E-state index contributed by atoms with van der Waals surface area (Å²) in [5, 5.41) is 2.99. The third kappa shape index (κ3) is 3.60. The second-order valence-corrected chi connectivity index (χ2v) is 5.07. The van der Waals surface area contributed by atoms with Crippen LogP contribution in [0.2, 0.25) is 0 Å². The highest BCUT2D eigenvalue weighted by Gasteiger charge is 2.25. The Morgan fingerprint density at radius 1 is 1.39 bits per heavy atom. The average Bonchev–Trinajstić information content (AvgIpc) is 2.92. The molecule has 1 fully saturated rings. The van der Waals surface area contributed by atoms with Crippen LogP contribution >= 0.6 is 0 Å². The number of furan rings is 1. The van der Waals surface area contributed by atoms with Crippen molar-refractivity contribution < 1.29 is 9.21 Å². The zero-order valence-corrected chi connectivity index (χ0v) is 10.7. The molecule has 1 aliphatic rings. The highest BCUT2D eigenvalue weighted by Crippen LogP contribution is 2.28. The number of nitrogens with two attached hydrogens (primary N) is 1. The van der Waals surface area contributed by atoms with Gasteiger partial charge in [-0.05, 0) is 50.3 Å². The van der Waals surface area contributed by atoms with Crippen molar-refractivity contribution in [2.24, 2.45) is 17.6 Å². The number of carbonyl (C=O) groups is 1. The molecule has 100 valence electrons. The molecule has 3 N–H and O–H groups in total. The molecule has 0 aliphatic heterocycles. The fourth-order valence-corrected chi connectivity index (χ4v) is 2.57. The second kappa shape index (κ2) is 6.59. The summed E-state index contributed by atoms with van der Waals surface area (Å²) >= 11 is 0. The topological polar surface area (TPSA) is 68.3 Å². The maximum absolute atomic E-state index is 11.9. The summed E-state index contributed by atoms with van der Waals surface area (Å²) < 4.78 is 5.22. The van der Waals surface area contributed by atoms with Crippen LogP contribution < -0.4 is 11.1 Å². The number of nitrogens with one attached hydrogen (secondary N) is 1. The summed E-state index contributed by atoms with van der Waals surface area (Å²) in [4.78, 5) is 11.9. The van der Waals surface area contributed by atoms with Gasteiger partial charge in [0.25, 0.3) is 0 Å². The van der Waals surface area contributed by atoms with Crippen molar-refractivity contribution in [3.8, 4) is 0 Å². The third-order valence-electron chi connectivity index (χ3n) is 3.80. The van der Waals surface area contributed by atoms with Crippen molar-refractivity contribution >= 4 is 5.91 Å². The predicted molar refractivity (Wildman–Crippen MR) is 69.9 cm³/mol. The highest BCUT2D eigenvalue weighted by molar-refractivity contribution is 5.78. The minimum Gasteiger partial charge on any atom is -0.469 e. The van der Waals surface area contributed by atoms with E-state index in [0.29, 0.717) is 12.5 Å². The van der Waals surface area contributed by atoms with Gasteiger partial charge in [0.1, 0.15) is 5.76 Å². The molecule has 0 aromatic carbocycles. The van der Waals surface area contributed by atoms with E-state index >= 15 is 0 Å². The van der Waals surface area contributed by atoms with Crippen LogP contribution in [-0.4, -0.2) is 19.0 Å². The Kier molecular flexibility index (Phi) is 4.81. The molecule has 1 aliphatic carbocycles. The molecule has 1 aromatic heterocycles. The van der Waals surface area contributed by atoms with E-state index in [9.17, 15) is 4.79 Å². The average molecular weight is 250 g/mol. The summed E-state index contributed by atoms with van der Waals surface area (Å²) in [6.07, 6.45) is 6.56. The molecule has 0 radical (unpaired) electrons. The van der Waals surface area contributed by atoms with E-state index in [4.69, 9.17) is 10.2 Å². The molecule has 1 heterocycles. The van der Waals surface area contributed by atoms with Gasteiger partial charge in [0.2, 0.25) is 5.91 Å². The van der Waals surface area contributed by atoms with E-state index in [0.717, 1.165) is 44.4 Å². The van der Waals surface area contributed by atoms with Gasteiger partial charge < -0.3 is 15.5 Å². The van der Waals surface area contributed by atoms with Gasteiger partial charge in [0, 0.05) is 18.9 Å². The van der Waals surface area contributed by atoms with E-state index in [2.05, 4.69) is 5.32 Å². The van der Waals surface area contributed by atoms with Gasteiger partial charge in [-0.2, -0.15) is 0 Å². The highest BCUT2D eigenvalue weighted by atomic mass is 16.3. The van der Waals surface area contributed by atoms with Crippen LogP contribution in [0.4, 0.5) is 0 Å². The van der Waals surface area contributed by atoms with Crippen LogP contribution in [0, 0.1) is 11.8 Å². The Morgan fingerprint density at radius 2 is 2.17 bits per heavy atom. The molecular weight excluding hydrogens is 228 g/mol. The van der Waals surface area contributed by atoms with Crippen molar-refractivity contribution in [3.05, 3.63) is 24.2 Å². The monoisotopic (exact) mass is 250 g/mol. The fourth-order valence-electron chi connectivity index (χ4n) is 2.57. The molecule has 2 rings (SSSR count). The molecule has 4 nitrogen and oxygen atoms in total. The van der Waals surface area contributed by atoms with Crippen molar-refractivity contribution in [1.29, 1.82) is 0 Å². The maximum Gasteiger partial charge on any atom is 0.223 e. The van der Waals surface area contributed by atoms with Crippen LogP contribution in [0.25, 0.3) is 0 Å². The zero-order chi connectivity index (χ0) is 12.8. The summed E-state index contributed by atoms with van der Waals surface area (Å²) in [6.45, 7) is 1.41. The van der Waals surface area contributed by atoms with E-state index in [1.54, 1.807) is 6.26 Å². The molecule has 1 aromatic rings. The molecule has 0 bridgehead atoms. The van der Waals surface area contributed by atoms with Crippen LogP contribution in [0.5, 0.6) is 0 Å². The lowest BCUT2D eigenvalue weighted by Gasteiger charge is -2.26. The molecule has 0 spiro atoms. The van der Waals surface area contributed by atoms with E-state index in [-0.39, 0.29) is 11.8 Å². The fraction of sp³-hybridized carbons (Fsp3) is 0.643. The molecule has 0 saturated heterocycles. The Morgan fingerprint density at radius 3 is 2.78 bits per heavy atom. The Labute approximate surface area is 108 Å². The largest absolute Gasteiger partial charge is 0.469 e. The summed E-state index contributed by atoms with van der Waals surface area (Å²) in [6, 6.07) is 3.80. The van der Waals surface area contributed by atoms with Gasteiger partial charge in [-0.25, -0.2) is 0 Å². The standard InChI is InChI=1S/C14H22N2O2/c15-10-11-3-5-12(6-4-11)14(17)16-8-7-13-2-1-9-18-13/h1-2,9,11-12H,3-8,10,15H2,(H,16,17). The van der Waals surface area contributed by atoms with Gasteiger partial charge in [0.15, 0.2) is 0 Å². The SMILES string of the molecule is NCC1CCC(C(=O)NCCc2ccco2)CC1. The third-order valence-corrected chi connectivity index (χ3v) is 3.80.